The number of rotatable bonds is 6. The molecule has 2 aromatic heterocycles. The minimum Gasteiger partial charge on any atom is -0.375 e. The van der Waals surface area contributed by atoms with Crippen molar-refractivity contribution in [2.24, 2.45) is 4.99 Å². The van der Waals surface area contributed by atoms with E-state index in [1.807, 2.05) is 13.8 Å². The van der Waals surface area contributed by atoms with E-state index in [-0.39, 0.29) is 51.3 Å². The van der Waals surface area contributed by atoms with Gasteiger partial charge < -0.3 is 10.2 Å². The van der Waals surface area contributed by atoms with Crippen molar-refractivity contribution >= 4 is 45.9 Å². The molecule has 0 spiro atoms. The fourth-order valence-corrected chi connectivity index (χ4v) is 5.29. The van der Waals surface area contributed by atoms with Crippen LogP contribution in [0.3, 0.4) is 0 Å². The average molecular weight is 645 g/mol. The van der Waals surface area contributed by atoms with E-state index >= 15 is 4.39 Å². The molecule has 1 fully saturated rings. The molecular formula is C29H25F5N8O2S. The second-order valence-electron chi connectivity index (χ2n) is 10.4. The molecule has 0 radical (unpaired) electrons. The van der Waals surface area contributed by atoms with Crippen LogP contribution in [0.1, 0.15) is 30.9 Å². The largest absolute Gasteiger partial charge is 0.417 e. The van der Waals surface area contributed by atoms with Gasteiger partial charge in [0, 0.05) is 25.9 Å². The van der Waals surface area contributed by atoms with Gasteiger partial charge in [0.05, 0.1) is 28.4 Å². The number of halogens is 5. The summed E-state index contributed by atoms with van der Waals surface area (Å²) in [6, 6.07) is 7.70. The van der Waals surface area contributed by atoms with Crippen molar-refractivity contribution in [1.29, 1.82) is 0 Å². The highest BCUT2D eigenvalue weighted by molar-refractivity contribution is 8.15. The maximum atomic E-state index is 15.0. The zero-order valence-corrected chi connectivity index (χ0v) is 25.0. The zero-order valence-electron chi connectivity index (χ0n) is 24.2. The first-order valence-corrected chi connectivity index (χ1v) is 14.3. The summed E-state index contributed by atoms with van der Waals surface area (Å²) < 4.78 is 69.4. The van der Waals surface area contributed by atoms with Gasteiger partial charge in [-0.15, -0.1) is 5.10 Å². The Bertz CT molecular complexity index is 1810. The van der Waals surface area contributed by atoms with Crippen molar-refractivity contribution in [3.63, 3.8) is 0 Å². The Morgan fingerprint density at radius 1 is 1.07 bits per heavy atom. The van der Waals surface area contributed by atoms with Crippen LogP contribution in [0.5, 0.6) is 0 Å². The minimum atomic E-state index is -4.54. The predicted molar refractivity (Wildman–Crippen MR) is 161 cm³/mol. The number of carbonyl (C=O) groups is 2. The van der Waals surface area contributed by atoms with Gasteiger partial charge in [0.25, 0.3) is 0 Å². The standard InChI is InChI=1S/C29H25F5N8O2S/c1-15(2)18-10-20(31)23(40(3)4)11-22(18)42-25(43)13-45-28(42)38-27(44)37-21-7-5-16(9-19(21)30)26-36-14-41(39-26)24-8-6-17(12-35-24)29(32,33)34/h5-12,14-15H,13H2,1-4H3,(H,37,44)/b38-28-. The van der Waals surface area contributed by atoms with Crippen molar-refractivity contribution in [2.45, 2.75) is 25.9 Å². The Balaban J connectivity index is 1.35. The van der Waals surface area contributed by atoms with E-state index in [2.05, 4.69) is 25.4 Å². The Morgan fingerprint density at radius 3 is 2.44 bits per heavy atom. The lowest BCUT2D eigenvalue weighted by atomic mass is 9.99. The first-order valence-electron chi connectivity index (χ1n) is 13.3. The lowest BCUT2D eigenvalue weighted by Gasteiger charge is -2.24. The number of nitrogens with one attached hydrogen (secondary N) is 1. The molecule has 3 amide bonds. The molecule has 1 N–H and O–H groups in total. The van der Waals surface area contributed by atoms with Gasteiger partial charge in [0.2, 0.25) is 5.91 Å². The number of anilines is 3. The monoisotopic (exact) mass is 644 g/mol. The average Bonchev–Trinajstić information content (AvgIpc) is 3.60. The fraction of sp³-hybridized carbons (Fsp3) is 0.241. The van der Waals surface area contributed by atoms with E-state index in [1.165, 1.54) is 35.5 Å². The molecule has 0 atom stereocenters. The smallest absolute Gasteiger partial charge is 0.375 e. The maximum absolute atomic E-state index is 15.0. The summed E-state index contributed by atoms with van der Waals surface area (Å²) in [6.45, 7) is 3.70. The third-order valence-electron chi connectivity index (χ3n) is 6.67. The maximum Gasteiger partial charge on any atom is 0.417 e. The van der Waals surface area contributed by atoms with Crippen LogP contribution >= 0.6 is 11.8 Å². The van der Waals surface area contributed by atoms with E-state index < -0.39 is 29.4 Å². The van der Waals surface area contributed by atoms with E-state index in [4.69, 9.17) is 0 Å². The zero-order chi connectivity index (χ0) is 32.6. The third-order valence-corrected chi connectivity index (χ3v) is 7.60. The second-order valence-corrected chi connectivity index (χ2v) is 11.3. The molecule has 0 saturated carbocycles. The number of alkyl halides is 3. The van der Waals surface area contributed by atoms with Gasteiger partial charge in [-0.3, -0.25) is 9.69 Å². The first kappa shape index (κ1) is 31.6. The minimum absolute atomic E-state index is 0.00300. The van der Waals surface area contributed by atoms with Gasteiger partial charge in [-0.1, -0.05) is 25.6 Å². The summed E-state index contributed by atoms with van der Waals surface area (Å²) in [6.07, 6.45) is -2.66. The van der Waals surface area contributed by atoms with Crippen LogP contribution in [-0.2, 0) is 11.0 Å². The molecule has 0 unspecified atom stereocenters. The highest BCUT2D eigenvalue weighted by atomic mass is 32.2. The normalized spacial score (nSPS) is 14.5. The molecule has 10 nitrogen and oxygen atoms in total. The Morgan fingerprint density at radius 2 is 1.82 bits per heavy atom. The second kappa shape index (κ2) is 12.3. The summed E-state index contributed by atoms with van der Waals surface area (Å²) in [5.74, 6) is -1.67. The third kappa shape index (κ3) is 6.64. The number of aromatic nitrogens is 4. The SMILES string of the molecule is CC(C)c1cc(F)c(N(C)C)cc1N1C(=O)CS/C1=N\C(=O)Nc1ccc(-c2ncn(-c3ccc(C(F)(F)F)cn3)n2)cc1F. The lowest BCUT2D eigenvalue weighted by molar-refractivity contribution is -0.137. The number of carbonyl (C=O) groups excluding carboxylic acids is 2. The summed E-state index contributed by atoms with van der Waals surface area (Å²) in [7, 11) is 3.33. The van der Waals surface area contributed by atoms with Gasteiger partial charge in [0.1, 0.15) is 18.0 Å². The van der Waals surface area contributed by atoms with Crippen LogP contribution in [0, 0.1) is 11.6 Å². The van der Waals surface area contributed by atoms with Crippen molar-refractivity contribution < 1.29 is 31.5 Å². The molecule has 0 bridgehead atoms. The van der Waals surface area contributed by atoms with Crippen LogP contribution < -0.4 is 15.1 Å². The highest BCUT2D eigenvalue weighted by Gasteiger charge is 2.34. The van der Waals surface area contributed by atoms with Gasteiger partial charge in [-0.25, -0.2) is 28.2 Å². The van der Waals surface area contributed by atoms with Gasteiger partial charge in [-0.05, 0) is 53.9 Å². The van der Waals surface area contributed by atoms with Crippen molar-refractivity contribution in [1.82, 2.24) is 19.7 Å². The van der Waals surface area contributed by atoms with Crippen LogP contribution in [0.25, 0.3) is 17.2 Å². The van der Waals surface area contributed by atoms with Crippen molar-refractivity contribution in [3.05, 3.63) is 77.8 Å². The van der Waals surface area contributed by atoms with Gasteiger partial charge >= 0.3 is 12.2 Å². The number of hydrogen-bond acceptors (Lipinski definition) is 7. The summed E-state index contributed by atoms with van der Waals surface area (Å²) >= 11 is 1.02. The van der Waals surface area contributed by atoms with Gasteiger partial charge in [0.15, 0.2) is 16.8 Å². The van der Waals surface area contributed by atoms with Crippen molar-refractivity contribution in [2.75, 3.05) is 35.0 Å². The number of thioether (sulfide) groups is 1. The van der Waals surface area contributed by atoms with Crippen LogP contribution in [-0.4, -0.2) is 56.7 Å². The summed E-state index contributed by atoms with van der Waals surface area (Å²) in [4.78, 5) is 40.4. The molecule has 1 aliphatic rings. The van der Waals surface area contributed by atoms with Crippen LogP contribution in [0.2, 0.25) is 0 Å². The number of hydrogen-bond donors (Lipinski definition) is 1. The highest BCUT2D eigenvalue weighted by Crippen LogP contribution is 2.37. The van der Waals surface area contributed by atoms with E-state index in [9.17, 15) is 27.2 Å². The number of urea groups is 1. The lowest BCUT2D eigenvalue weighted by Crippen LogP contribution is -2.31. The molecule has 45 heavy (non-hydrogen) atoms. The fourth-order valence-electron chi connectivity index (χ4n) is 4.43. The summed E-state index contributed by atoms with van der Waals surface area (Å²) in [5.41, 5.74) is 0.285. The first-order chi connectivity index (χ1) is 21.2. The Kier molecular flexibility index (Phi) is 8.60. The number of amides is 3. The van der Waals surface area contributed by atoms with Crippen LogP contribution in [0.4, 0.5) is 43.8 Å². The topological polar surface area (TPSA) is 109 Å². The number of nitrogens with zero attached hydrogens (tertiary/aromatic N) is 7. The molecule has 234 valence electrons. The molecule has 2 aromatic carbocycles. The number of aliphatic imine (C=N–C) groups is 1. The summed E-state index contributed by atoms with van der Waals surface area (Å²) in [5, 5.41) is 6.56. The Labute approximate surface area is 258 Å². The van der Waals surface area contributed by atoms with E-state index in [0.717, 1.165) is 34.6 Å². The number of amidine groups is 1. The number of pyridine rings is 1. The molecule has 3 heterocycles. The number of benzene rings is 2. The van der Waals surface area contributed by atoms with Gasteiger partial charge in [-0.2, -0.15) is 18.2 Å². The predicted octanol–water partition coefficient (Wildman–Crippen LogP) is 6.48. The Hall–Kier alpha value is -4.86. The molecular weight excluding hydrogens is 619 g/mol. The molecule has 5 rings (SSSR count). The molecule has 16 heteroatoms. The quantitative estimate of drug-likeness (QED) is 0.239. The van der Waals surface area contributed by atoms with E-state index in [1.54, 1.807) is 19.0 Å². The molecule has 0 aliphatic carbocycles. The molecule has 1 saturated heterocycles. The van der Waals surface area contributed by atoms with Crippen LogP contribution in [0.15, 0.2) is 60.0 Å². The molecule has 1 aliphatic heterocycles. The van der Waals surface area contributed by atoms with E-state index in [0.29, 0.717) is 17.4 Å². The molecule has 4 aromatic rings. The van der Waals surface area contributed by atoms with Crippen molar-refractivity contribution in [3.8, 4) is 17.2 Å².